The third-order valence-corrected chi connectivity index (χ3v) is 2.61. The Morgan fingerprint density at radius 3 is 1.89 bits per heavy atom. The van der Waals surface area contributed by atoms with E-state index in [9.17, 15) is 31.4 Å². The molecule has 1 rings (SSSR count). The molecule has 102 valence electrons. The van der Waals surface area contributed by atoms with Crippen LogP contribution in [0.15, 0.2) is 12.1 Å². The van der Waals surface area contributed by atoms with Crippen LogP contribution in [0.3, 0.4) is 0 Å². The average Bonchev–Trinajstić information content (AvgIpc) is 2.09. The summed E-state index contributed by atoms with van der Waals surface area (Å²) < 4.78 is 74.7. The summed E-state index contributed by atoms with van der Waals surface area (Å²) in [4.78, 5) is 0. The monoisotopic (exact) mass is 292 g/mol. The highest BCUT2D eigenvalue weighted by molar-refractivity contribution is 6.31. The Kier molecular flexibility index (Phi) is 3.76. The van der Waals surface area contributed by atoms with Crippen molar-refractivity contribution >= 4 is 11.6 Å². The zero-order chi connectivity index (χ0) is 14.3. The highest BCUT2D eigenvalue weighted by atomic mass is 35.5. The zero-order valence-corrected chi connectivity index (χ0v) is 9.58. The van der Waals surface area contributed by atoms with E-state index in [2.05, 4.69) is 0 Å². The summed E-state index contributed by atoms with van der Waals surface area (Å²) in [7, 11) is 0. The fraction of sp³-hybridized carbons (Fsp3) is 0.400. The lowest BCUT2D eigenvalue weighted by Gasteiger charge is -2.24. The van der Waals surface area contributed by atoms with Gasteiger partial charge in [0.1, 0.15) is 5.75 Å². The predicted molar refractivity (Wildman–Crippen MR) is 52.7 cm³/mol. The fourth-order valence-electron chi connectivity index (χ4n) is 1.44. The molecule has 0 fully saturated rings. The van der Waals surface area contributed by atoms with Gasteiger partial charge in [-0.1, -0.05) is 11.6 Å². The Hall–Kier alpha value is -1.11. The summed E-state index contributed by atoms with van der Waals surface area (Å²) in [6.07, 6.45) is -11.1. The maximum Gasteiger partial charge on any atom is 0.404 e. The summed E-state index contributed by atoms with van der Waals surface area (Å²) in [6, 6.07) is 1.25. The van der Waals surface area contributed by atoms with Gasteiger partial charge in [0.25, 0.3) is 0 Å². The smallest absolute Gasteiger partial charge is 0.404 e. The molecule has 8 heteroatoms. The van der Waals surface area contributed by atoms with Crippen LogP contribution in [0.5, 0.6) is 5.75 Å². The SMILES string of the molecule is Cc1cc(Cl)c(C(C(F)(F)F)C(F)(F)F)cc1O. The molecule has 1 aromatic carbocycles. The maximum atomic E-state index is 12.5. The molecule has 0 unspecified atom stereocenters. The number of hydrogen-bond donors (Lipinski definition) is 1. The molecule has 0 saturated carbocycles. The van der Waals surface area contributed by atoms with Crippen LogP contribution in [0, 0.1) is 6.92 Å². The molecule has 0 aliphatic heterocycles. The van der Waals surface area contributed by atoms with Gasteiger partial charge in [0.2, 0.25) is 0 Å². The Bertz CT molecular complexity index is 437. The lowest BCUT2D eigenvalue weighted by Crippen LogP contribution is -2.34. The number of phenols is 1. The number of aryl methyl sites for hydroxylation is 1. The third-order valence-electron chi connectivity index (χ3n) is 2.28. The molecule has 1 N–H and O–H groups in total. The van der Waals surface area contributed by atoms with Crippen molar-refractivity contribution < 1.29 is 31.4 Å². The molecule has 18 heavy (non-hydrogen) atoms. The largest absolute Gasteiger partial charge is 0.508 e. The van der Waals surface area contributed by atoms with Crippen LogP contribution in [0.25, 0.3) is 0 Å². The number of aromatic hydroxyl groups is 1. The molecule has 0 aliphatic carbocycles. The van der Waals surface area contributed by atoms with Gasteiger partial charge in [-0.05, 0) is 30.2 Å². The van der Waals surface area contributed by atoms with E-state index < -0.39 is 34.6 Å². The van der Waals surface area contributed by atoms with Crippen molar-refractivity contribution in [2.24, 2.45) is 0 Å². The van der Waals surface area contributed by atoms with Crippen molar-refractivity contribution in [3.63, 3.8) is 0 Å². The van der Waals surface area contributed by atoms with Gasteiger partial charge in [-0.15, -0.1) is 0 Å². The van der Waals surface area contributed by atoms with Crippen molar-refractivity contribution in [3.05, 3.63) is 28.3 Å². The maximum absolute atomic E-state index is 12.5. The normalized spacial score (nSPS) is 13.2. The van der Waals surface area contributed by atoms with Gasteiger partial charge in [0.15, 0.2) is 5.92 Å². The molecular formula is C10H7ClF6O. The second kappa shape index (κ2) is 4.53. The van der Waals surface area contributed by atoms with Crippen LogP contribution in [0.1, 0.15) is 17.0 Å². The zero-order valence-electron chi connectivity index (χ0n) is 8.83. The molecule has 0 heterocycles. The molecule has 0 bridgehead atoms. The average molecular weight is 293 g/mol. The molecule has 1 aromatic rings. The quantitative estimate of drug-likeness (QED) is 0.752. The van der Waals surface area contributed by atoms with Gasteiger partial charge in [0.05, 0.1) is 0 Å². The minimum Gasteiger partial charge on any atom is -0.508 e. The lowest BCUT2D eigenvalue weighted by molar-refractivity contribution is -0.253. The minimum atomic E-state index is -5.54. The summed E-state index contributed by atoms with van der Waals surface area (Å²) >= 11 is 5.40. The Labute approximate surface area is 103 Å². The number of halogens is 7. The first-order valence-electron chi connectivity index (χ1n) is 4.57. The third kappa shape index (κ3) is 3.01. The molecule has 0 spiro atoms. The number of phenolic OH excluding ortho intramolecular Hbond substituents is 1. The summed E-state index contributed by atoms with van der Waals surface area (Å²) in [6.45, 7) is 1.31. The van der Waals surface area contributed by atoms with Crippen LogP contribution in [0.4, 0.5) is 26.3 Å². The molecule has 0 atom stereocenters. The predicted octanol–water partition coefficient (Wildman–Crippen LogP) is 4.56. The van der Waals surface area contributed by atoms with E-state index in [0.29, 0.717) is 6.07 Å². The van der Waals surface area contributed by atoms with E-state index in [1.807, 2.05) is 0 Å². The summed E-state index contributed by atoms with van der Waals surface area (Å²) in [5.41, 5.74) is -1.12. The standard InChI is InChI=1S/C10H7ClF6O/c1-4-2-6(11)5(3-7(4)18)8(9(12,13)14)10(15,16)17/h2-3,8,18H,1H3. The number of benzene rings is 1. The Morgan fingerprint density at radius 2 is 1.50 bits per heavy atom. The van der Waals surface area contributed by atoms with E-state index in [1.54, 1.807) is 0 Å². The molecule has 0 aliphatic rings. The highest BCUT2D eigenvalue weighted by Crippen LogP contribution is 2.49. The molecule has 0 radical (unpaired) electrons. The van der Waals surface area contributed by atoms with Crippen LogP contribution >= 0.6 is 11.6 Å². The van der Waals surface area contributed by atoms with Crippen molar-refractivity contribution in [1.29, 1.82) is 0 Å². The van der Waals surface area contributed by atoms with Gasteiger partial charge in [-0.25, -0.2) is 0 Å². The Balaban J connectivity index is 3.45. The molecule has 0 saturated heterocycles. The molecular weight excluding hydrogens is 286 g/mol. The van der Waals surface area contributed by atoms with Gasteiger partial charge in [0, 0.05) is 5.02 Å². The minimum absolute atomic E-state index is 0.0897. The summed E-state index contributed by atoms with van der Waals surface area (Å²) in [5, 5.41) is 8.52. The van der Waals surface area contributed by atoms with E-state index in [0.717, 1.165) is 6.07 Å². The second-order valence-corrected chi connectivity index (χ2v) is 4.08. The van der Waals surface area contributed by atoms with Gasteiger partial charge < -0.3 is 5.11 Å². The first kappa shape index (κ1) is 14.9. The van der Waals surface area contributed by atoms with Crippen molar-refractivity contribution in [3.8, 4) is 5.75 Å². The molecule has 0 aromatic heterocycles. The van der Waals surface area contributed by atoms with E-state index in [-0.39, 0.29) is 5.56 Å². The highest BCUT2D eigenvalue weighted by Gasteiger charge is 2.58. The molecule has 1 nitrogen and oxygen atoms in total. The molecule has 0 amide bonds. The number of hydrogen-bond acceptors (Lipinski definition) is 1. The van der Waals surface area contributed by atoms with Crippen molar-refractivity contribution in [1.82, 2.24) is 0 Å². The van der Waals surface area contributed by atoms with Gasteiger partial charge in [-0.2, -0.15) is 26.3 Å². The lowest BCUT2D eigenvalue weighted by atomic mass is 9.96. The first-order valence-corrected chi connectivity index (χ1v) is 4.95. The van der Waals surface area contributed by atoms with Gasteiger partial charge >= 0.3 is 12.4 Å². The topological polar surface area (TPSA) is 20.2 Å². The second-order valence-electron chi connectivity index (χ2n) is 3.68. The van der Waals surface area contributed by atoms with Crippen molar-refractivity contribution in [2.75, 3.05) is 0 Å². The summed E-state index contributed by atoms with van der Waals surface area (Å²) in [5.74, 6) is -4.39. The number of rotatable bonds is 1. The fourth-order valence-corrected chi connectivity index (χ4v) is 1.76. The van der Waals surface area contributed by atoms with E-state index in [4.69, 9.17) is 11.6 Å². The van der Waals surface area contributed by atoms with Crippen molar-refractivity contribution in [2.45, 2.75) is 25.2 Å². The van der Waals surface area contributed by atoms with Crippen LogP contribution < -0.4 is 0 Å². The van der Waals surface area contributed by atoms with Crippen LogP contribution in [0.2, 0.25) is 5.02 Å². The first-order chi connectivity index (χ1) is 7.94. The van der Waals surface area contributed by atoms with Crippen LogP contribution in [-0.2, 0) is 0 Å². The van der Waals surface area contributed by atoms with Crippen LogP contribution in [-0.4, -0.2) is 17.5 Å². The van der Waals surface area contributed by atoms with E-state index in [1.165, 1.54) is 6.92 Å². The number of alkyl halides is 6. The van der Waals surface area contributed by atoms with E-state index >= 15 is 0 Å². The Morgan fingerprint density at radius 1 is 1.06 bits per heavy atom. The van der Waals surface area contributed by atoms with Gasteiger partial charge in [-0.3, -0.25) is 0 Å².